The van der Waals surface area contributed by atoms with Gasteiger partial charge in [0, 0.05) is 11.0 Å². The van der Waals surface area contributed by atoms with Gasteiger partial charge in [0.05, 0.1) is 0 Å². The van der Waals surface area contributed by atoms with Gasteiger partial charge in [-0.25, -0.2) is 0 Å². The molecule has 2 N–H and O–H groups in total. The van der Waals surface area contributed by atoms with Crippen molar-refractivity contribution in [2.45, 2.75) is 13.2 Å². The Hall–Kier alpha value is -1.32. The van der Waals surface area contributed by atoms with Crippen molar-refractivity contribution >= 4 is 15.9 Å². The molecule has 0 aromatic heterocycles. The summed E-state index contributed by atoms with van der Waals surface area (Å²) in [5.74, 6) is 0.863. The second-order valence-electron chi connectivity index (χ2n) is 3.77. The van der Waals surface area contributed by atoms with E-state index in [0.717, 1.165) is 21.3 Å². The molecule has 3 heteroatoms. The van der Waals surface area contributed by atoms with Gasteiger partial charge in [-0.1, -0.05) is 40.2 Å². The lowest BCUT2D eigenvalue weighted by molar-refractivity contribution is 0.306. The van der Waals surface area contributed by atoms with Gasteiger partial charge < -0.3 is 10.5 Å². The fourth-order valence-corrected chi connectivity index (χ4v) is 1.96. The molecular weight excluding hydrogens is 278 g/mol. The van der Waals surface area contributed by atoms with E-state index in [1.807, 2.05) is 48.5 Å². The molecule has 2 nitrogen and oxygen atoms in total. The zero-order valence-corrected chi connectivity index (χ0v) is 11.0. The molecule has 0 unspecified atom stereocenters. The van der Waals surface area contributed by atoms with E-state index in [2.05, 4.69) is 15.9 Å². The normalized spacial score (nSPS) is 10.2. The molecule has 0 bridgehead atoms. The van der Waals surface area contributed by atoms with Crippen LogP contribution in [0.25, 0.3) is 0 Å². The zero-order valence-electron chi connectivity index (χ0n) is 9.40. The highest BCUT2D eigenvalue weighted by atomic mass is 79.9. The Morgan fingerprint density at radius 3 is 2.41 bits per heavy atom. The van der Waals surface area contributed by atoms with Gasteiger partial charge in [-0.15, -0.1) is 0 Å². The molecule has 0 atom stereocenters. The van der Waals surface area contributed by atoms with E-state index >= 15 is 0 Å². The zero-order chi connectivity index (χ0) is 12.1. The number of halogens is 1. The SMILES string of the molecule is NCc1ccc(OCc2cccc(Br)c2)cc1. The number of ether oxygens (including phenoxy) is 1. The summed E-state index contributed by atoms with van der Waals surface area (Å²) in [5.41, 5.74) is 7.79. The van der Waals surface area contributed by atoms with Crippen molar-refractivity contribution in [3.05, 3.63) is 64.1 Å². The molecule has 0 spiro atoms. The summed E-state index contributed by atoms with van der Waals surface area (Å²) in [4.78, 5) is 0. The first-order valence-corrected chi connectivity index (χ1v) is 6.23. The molecule has 0 radical (unpaired) electrons. The fourth-order valence-electron chi connectivity index (χ4n) is 1.52. The summed E-state index contributed by atoms with van der Waals surface area (Å²) in [6.45, 7) is 1.13. The van der Waals surface area contributed by atoms with Gasteiger partial charge in [0.15, 0.2) is 0 Å². The van der Waals surface area contributed by atoms with E-state index in [1.54, 1.807) is 0 Å². The van der Waals surface area contributed by atoms with E-state index in [1.165, 1.54) is 0 Å². The Bertz CT molecular complexity index is 482. The molecule has 0 aliphatic heterocycles. The van der Waals surface area contributed by atoms with Crippen LogP contribution in [-0.2, 0) is 13.2 Å². The monoisotopic (exact) mass is 291 g/mol. The molecule has 88 valence electrons. The molecule has 0 fully saturated rings. The molecule has 17 heavy (non-hydrogen) atoms. The van der Waals surface area contributed by atoms with Crippen LogP contribution in [0.2, 0.25) is 0 Å². The molecule has 2 aromatic carbocycles. The summed E-state index contributed by atoms with van der Waals surface area (Å²) in [6, 6.07) is 15.9. The van der Waals surface area contributed by atoms with Crippen LogP contribution in [-0.4, -0.2) is 0 Å². The van der Waals surface area contributed by atoms with Gasteiger partial charge in [-0.2, -0.15) is 0 Å². The quantitative estimate of drug-likeness (QED) is 0.936. The Morgan fingerprint density at radius 1 is 1.00 bits per heavy atom. The van der Waals surface area contributed by atoms with Gasteiger partial charge in [0.1, 0.15) is 12.4 Å². The number of nitrogens with two attached hydrogens (primary N) is 1. The summed E-state index contributed by atoms with van der Waals surface area (Å²) in [6.07, 6.45) is 0. The first-order chi connectivity index (χ1) is 8.28. The largest absolute Gasteiger partial charge is 0.489 e. The molecule has 0 heterocycles. The lowest BCUT2D eigenvalue weighted by Crippen LogP contribution is -1.97. The minimum atomic E-state index is 0.561. The van der Waals surface area contributed by atoms with E-state index in [-0.39, 0.29) is 0 Å². The minimum absolute atomic E-state index is 0.561. The smallest absolute Gasteiger partial charge is 0.119 e. The first kappa shape index (κ1) is 12.1. The van der Waals surface area contributed by atoms with E-state index in [4.69, 9.17) is 10.5 Å². The molecule has 0 aliphatic carbocycles. The second kappa shape index (κ2) is 5.84. The second-order valence-corrected chi connectivity index (χ2v) is 4.68. The topological polar surface area (TPSA) is 35.2 Å². The third kappa shape index (κ3) is 3.58. The highest BCUT2D eigenvalue weighted by Gasteiger charge is 1.97. The Morgan fingerprint density at radius 2 is 1.76 bits per heavy atom. The van der Waals surface area contributed by atoms with Crippen LogP contribution in [0.15, 0.2) is 53.0 Å². The maximum Gasteiger partial charge on any atom is 0.119 e. The van der Waals surface area contributed by atoms with Gasteiger partial charge in [0.2, 0.25) is 0 Å². The predicted octanol–water partition coefficient (Wildman–Crippen LogP) is 3.49. The van der Waals surface area contributed by atoms with Crippen LogP contribution >= 0.6 is 15.9 Å². The minimum Gasteiger partial charge on any atom is -0.489 e. The summed E-state index contributed by atoms with van der Waals surface area (Å²) in [7, 11) is 0. The van der Waals surface area contributed by atoms with E-state index < -0.39 is 0 Å². The Kier molecular flexibility index (Phi) is 4.18. The molecule has 0 saturated heterocycles. The maximum atomic E-state index is 5.68. The van der Waals surface area contributed by atoms with Crippen LogP contribution in [0.4, 0.5) is 0 Å². The van der Waals surface area contributed by atoms with Crippen LogP contribution in [0.3, 0.4) is 0 Å². The number of hydrogen-bond donors (Lipinski definition) is 1. The molecule has 0 saturated carbocycles. The van der Waals surface area contributed by atoms with Crippen molar-refractivity contribution in [1.29, 1.82) is 0 Å². The predicted molar refractivity (Wildman–Crippen MR) is 72.8 cm³/mol. The maximum absolute atomic E-state index is 5.68. The van der Waals surface area contributed by atoms with Gasteiger partial charge in [-0.3, -0.25) is 0 Å². The van der Waals surface area contributed by atoms with Crippen molar-refractivity contribution in [1.82, 2.24) is 0 Å². The average molecular weight is 292 g/mol. The molecular formula is C14H14BrNO. The lowest BCUT2D eigenvalue weighted by Gasteiger charge is -2.07. The molecule has 2 aromatic rings. The summed E-state index contributed by atoms with van der Waals surface area (Å²) < 4.78 is 6.75. The van der Waals surface area contributed by atoms with E-state index in [9.17, 15) is 0 Å². The van der Waals surface area contributed by atoms with Crippen LogP contribution in [0.5, 0.6) is 5.75 Å². The third-order valence-electron chi connectivity index (χ3n) is 2.45. The number of benzene rings is 2. The average Bonchev–Trinajstić information content (AvgIpc) is 2.37. The Balaban J connectivity index is 1.97. The molecule has 0 amide bonds. The van der Waals surface area contributed by atoms with Gasteiger partial charge in [-0.05, 0) is 35.4 Å². The van der Waals surface area contributed by atoms with Crippen molar-refractivity contribution in [3.8, 4) is 5.75 Å². The fraction of sp³-hybridized carbons (Fsp3) is 0.143. The highest BCUT2D eigenvalue weighted by Crippen LogP contribution is 2.16. The van der Waals surface area contributed by atoms with Crippen molar-refractivity contribution < 1.29 is 4.74 Å². The Labute approximate surface area is 110 Å². The van der Waals surface area contributed by atoms with E-state index in [0.29, 0.717) is 13.2 Å². The van der Waals surface area contributed by atoms with Crippen molar-refractivity contribution in [2.75, 3.05) is 0 Å². The van der Waals surface area contributed by atoms with Gasteiger partial charge >= 0.3 is 0 Å². The highest BCUT2D eigenvalue weighted by molar-refractivity contribution is 9.10. The number of hydrogen-bond acceptors (Lipinski definition) is 2. The standard InChI is InChI=1S/C14H14BrNO/c15-13-3-1-2-12(8-13)10-17-14-6-4-11(9-16)5-7-14/h1-8H,9-10,16H2. The van der Waals surface area contributed by atoms with Gasteiger partial charge in [0.25, 0.3) is 0 Å². The van der Waals surface area contributed by atoms with Crippen LogP contribution in [0, 0.1) is 0 Å². The summed E-state index contributed by atoms with van der Waals surface area (Å²) in [5, 5.41) is 0. The lowest BCUT2D eigenvalue weighted by atomic mass is 10.2. The molecule has 0 aliphatic rings. The first-order valence-electron chi connectivity index (χ1n) is 5.44. The molecule has 2 rings (SSSR count). The van der Waals surface area contributed by atoms with Crippen LogP contribution in [0.1, 0.15) is 11.1 Å². The third-order valence-corrected chi connectivity index (χ3v) is 2.95. The van der Waals surface area contributed by atoms with Crippen molar-refractivity contribution in [3.63, 3.8) is 0 Å². The number of rotatable bonds is 4. The van der Waals surface area contributed by atoms with Crippen molar-refractivity contribution in [2.24, 2.45) is 5.73 Å². The van der Waals surface area contributed by atoms with Crippen LogP contribution < -0.4 is 10.5 Å². The summed E-state index contributed by atoms with van der Waals surface area (Å²) >= 11 is 3.44.